The van der Waals surface area contributed by atoms with Crippen LogP contribution in [-0.4, -0.2) is 27.3 Å². The molecule has 1 saturated carbocycles. The van der Waals surface area contributed by atoms with Crippen molar-refractivity contribution in [2.24, 2.45) is 5.92 Å². The van der Waals surface area contributed by atoms with Crippen molar-refractivity contribution >= 4 is 34.3 Å². The van der Waals surface area contributed by atoms with Gasteiger partial charge in [0.15, 0.2) is 5.11 Å². The lowest BCUT2D eigenvalue weighted by molar-refractivity contribution is 0.309. The van der Waals surface area contributed by atoms with E-state index in [1.54, 1.807) is 0 Å². The predicted octanol–water partition coefficient (Wildman–Crippen LogP) is 3.31. The van der Waals surface area contributed by atoms with Crippen LogP contribution in [0.3, 0.4) is 0 Å². The van der Waals surface area contributed by atoms with Gasteiger partial charge < -0.3 is 9.88 Å². The Labute approximate surface area is 136 Å². The molecule has 1 N–H and O–H groups in total. The highest BCUT2D eigenvalue weighted by molar-refractivity contribution is 7.80. The molecule has 1 aliphatic heterocycles. The topological polar surface area (TPSA) is 33.1 Å². The van der Waals surface area contributed by atoms with Gasteiger partial charge in [0, 0.05) is 19.1 Å². The molecule has 2 aliphatic rings. The fourth-order valence-corrected chi connectivity index (χ4v) is 4.07. The maximum Gasteiger partial charge on any atom is 0.213 e. The Bertz CT molecular complexity index is 708. The second-order valence-corrected chi connectivity index (χ2v) is 6.91. The molecule has 0 saturated heterocycles. The largest absolute Gasteiger partial charge is 0.359 e. The molecule has 0 spiro atoms. The molecule has 116 valence electrons. The Balaban J connectivity index is 1.56. The summed E-state index contributed by atoms with van der Waals surface area (Å²) in [5.41, 5.74) is 2.25. The van der Waals surface area contributed by atoms with Crippen LogP contribution in [0.5, 0.6) is 0 Å². The van der Waals surface area contributed by atoms with Crippen LogP contribution in [0.1, 0.15) is 32.6 Å². The van der Waals surface area contributed by atoms with Crippen molar-refractivity contribution in [3.05, 3.63) is 24.3 Å². The molecule has 5 heteroatoms. The van der Waals surface area contributed by atoms with Crippen molar-refractivity contribution in [1.29, 1.82) is 0 Å². The van der Waals surface area contributed by atoms with Crippen molar-refractivity contribution in [1.82, 2.24) is 14.9 Å². The number of rotatable bonds is 1. The van der Waals surface area contributed by atoms with Gasteiger partial charge in [0.05, 0.1) is 11.0 Å². The van der Waals surface area contributed by atoms with Crippen LogP contribution >= 0.6 is 12.2 Å². The van der Waals surface area contributed by atoms with Crippen LogP contribution in [0.4, 0.5) is 5.95 Å². The van der Waals surface area contributed by atoms with Crippen molar-refractivity contribution in [2.75, 3.05) is 11.4 Å². The summed E-state index contributed by atoms with van der Waals surface area (Å²) in [5.74, 6) is 1.69. The van der Waals surface area contributed by atoms with Gasteiger partial charge in [-0.3, -0.25) is 4.90 Å². The molecule has 22 heavy (non-hydrogen) atoms. The number of aromatic nitrogens is 2. The first kappa shape index (κ1) is 14.0. The molecule has 1 aromatic carbocycles. The number of para-hydroxylation sites is 2. The third-order valence-electron chi connectivity index (χ3n) is 5.09. The highest BCUT2D eigenvalue weighted by Gasteiger charge is 2.29. The van der Waals surface area contributed by atoms with Crippen molar-refractivity contribution in [3.8, 4) is 0 Å². The highest BCUT2D eigenvalue weighted by atomic mass is 32.1. The van der Waals surface area contributed by atoms with Crippen molar-refractivity contribution < 1.29 is 0 Å². The number of hydrogen-bond acceptors (Lipinski definition) is 2. The number of hydrogen-bond donors (Lipinski definition) is 1. The second-order valence-electron chi connectivity index (χ2n) is 6.52. The molecule has 4 rings (SSSR count). The van der Waals surface area contributed by atoms with Crippen LogP contribution in [0, 0.1) is 5.92 Å². The quantitative estimate of drug-likeness (QED) is 0.819. The predicted molar refractivity (Wildman–Crippen MR) is 94.2 cm³/mol. The fraction of sp³-hybridized carbons (Fsp3) is 0.529. The summed E-state index contributed by atoms with van der Waals surface area (Å²) in [4.78, 5) is 6.93. The van der Waals surface area contributed by atoms with E-state index in [2.05, 4.69) is 39.9 Å². The van der Waals surface area contributed by atoms with Gasteiger partial charge >= 0.3 is 0 Å². The van der Waals surface area contributed by atoms with Gasteiger partial charge in [0.25, 0.3) is 0 Å². The van der Waals surface area contributed by atoms with Crippen molar-refractivity contribution in [2.45, 2.75) is 45.2 Å². The number of nitrogens with zero attached hydrogens (tertiary/aromatic N) is 3. The van der Waals surface area contributed by atoms with E-state index < -0.39 is 0 Å². The minimum atomic E-state index is 0.514. The number of thiocarbonyl (C=S) groups is 1. The van der Waals surface area contributed by atoms with E-state index in [1.807, 2.05) is 6.07 Å². The van der Waals surface area contributed by atoms with E-state index in [-0.39, 0.29) is 0 Å². The Morgan fingerprint density at radius 3 is 2.91 bits per heavy atom. The smallest absolute Gasteiger partial charge is 0.213 e. The van der Waals surface area contributed by atoms with Crippen LogP contribution in [0.25, 0.3) is 11.0 Å². The summed E-state index contributed by atoms with van der Waals surface area (Å²) in [6, 6.07) is 8.82. The molecule has 1 fully saturated rings. The normalized spacial score (nSPS) is 24.5. The fourth-order valence-electron chi connectivity index (χ4n) is 3.75. The van der Waals surface area contributed by atoms with Crippen LogP contribution in [-0.2, 0) is 6.54 Å². The van der Waals surface area contributed by atoms with E-state index >= 15 is 0 Å². The minimum Gasteiger partial charge on any atom is -0.359 e. The second kappa shape index (κ2) is 5.54. The number of benzene rings is 1. The molecule has 1 aliphatic carbocycles. The maximum atomic E-state index is 5.69. The molecular weight excluding hydrogens is 292 g/mol. The number of imidazole rings is 1. The van der Waals surface area contributed by atoms with E-state index in [9.17, 15) is 0 Å². The zero-order valence-corrected chi connectivity index (χ0v) is 13.8. The van der Waals surface area contributed by atoms with Gasteiger partial charge in [0.1, 0.15) is 0 Å². The number of fused-ring (bicyclic) bond motifs is 3. The standard InChI is InChI=1S/C17H22N4S/c1-12-6-2-3-7-13(12)19-17(22)21-11-10-20-15-9-5-4-8-14(15)18-16(20)21/h4-5,8-9,12-13H,2-3,6-7,10-11H2,1H3,(H,19,22)/t12-,13-/m0/s1. The summed E-state index contributed by atoms with van der Waals surface area (Å²) in [6.07, 6.45) is 5.19. The zero-order chi connectivity index (χ0) is 15.1. The monoisotopic (exact) mass is 314 g/mol. The van der Waals surface area contributed by atoms with Gasteiger partial charge in [-0.1, -0.05) is 31.9 Å². The number of anilines is 1. The maximum absolute atomic E-state index is 5.69. The average Bonchev–Trinajstić information content (AvgIpc) is 3.08. The summed E-state index contributed by atoms with van der Waals surface area (Å²) in [6.45, 7) is 4.21. The highest BCUT2D eigenvalue weighted by Crippen LogP contribution is 2.28. The molecule has 2 atom stereocenters. The molecule has 2 heterocycles. The molecule has 0 bridgehead atoms. The SMILES string of the molecule is C[C@H]1CCCC[C@@H]1NC(=S)N1CCn2c1nc1ccccc12. The summed E-state index contributed by atoms with van der Waals surface area (Å²) < 4.78 is 2.27. The van der Waals surface area contributed by atoms with Gasteiger partial charge in [-0.05, 0) is 43.1 Å². The summed E-state index contributed by atoms with van der Waals surface area (Å²) >= 11 is 5.69. The summed E-state index contributed by atoms with van der Waals surface area (Å²) in [7, 11) is 0. The van der Waals surface area contributed by atoms with Crippen LogP contribution in [0.15, 0.2) is 24.3 Å². The van der Waals surface area contributed by atoms with E-state index in [4.69, 9.17) is 17.2 Å². The molecule has 1 aromatic heterocycles. The third kappa shape index (κ3) is 2.28. The van der Waals surface area contributed by atoms with E-state index in [0.29, 0.717) is 12.0 Å². The first-order valence-corrected chi connectivity index (χ1v) is 8.68. The van der Waals surface area contributed by atoms with Crippen molar-refractivity contribution in [3.63, 3.8) is 0 Å². The van der Waals surface area contributed by atoms with Crippen LogP contribution < -0.4 is 10.2 Å². The molecular formula is C17H22N4S. The molecule has 4 nitrogen and oxygen atoms in total. The molecule has 0 amide bonds. The van der Waals surface area contributed by atoms with Gasteiger partial charge in [-0.2, -0.15) is 0 Å². The lowest BCUT2D eigenvalue weighted by Crippen LogP contribution is -2.47. The van der Waals surface area contributed by atoms with Gasteiger partial charge in [0.2, 0.25) is 5.95 Å². The first-order valence-electron chi connectivity index (χ1n) is 8.27. The Morgan fingerprint density at radius 1 is 1.23 bits per heavy atom. The molecule has 0 radical (unpaired) electrons. The summed E-state index contributed by atoms with van der Waals surface area (Å²) in [5, 5.41) is 4.44. The Hall–Kier alpha value is -1.62. The van der Waals surface area contributed by atoms with Gasteiger partial charge in [-0.25, -0.2) is 4.98 Å². The first-order chi connectivity index (χ1) is 10.7. The van der Waals surface area contributed by atoms with Gasteiger partial charge in [-0.15, -0.1) is 0 Å². The average molecular weight is 314 g/mol. The lowest BCUT2D eigenvalue weighted by Gasteiger charge is -2.32. The van der Waals surface area contributed by atoms with E-state index in [0.717, 1.165) is 29.7 Å². The Kier molecular flexibility index (Phi) is 3.53. The molecule has 2 aromatic rings. The minimum absolute atomic E-state index is 0.514. The van der Waals surface area contributed by atoms with E-state index in [1.165, 1.54) is 31.2 Å². The van der Waals surface area contributed by atoms with Crippen LogP contribution in [0.2, 0.25) is 0 Å². The lowest BCUT2D eigenvalue weighted by atomic mass is 9.86. The third-order valence-corrected chi connectivity index (χ3v) is 5.43. The zero-order valence-electron chi connectivity index (χ0n) is 13.0. The molecule has 0 unspecified atom stereocenters. The Morgan fingerprint density at radius 2 is 2.05 bits per heavy atom. The number of nitrogens with one attached hydrogen (secondary N) is 1.